The third-order valence-electron chi connectivity index (χ3n) is 2.70. The zero-order valence-electron chi connectivity index (χ0n) is 8.30. The highest BCUT2D eigenvalue weighted by atomic mass is 15.0. The molecule has 13 heavy (non-hydrogen) atoms. The number of rotatable bonds is 4. The third-order valence-corrected chi connectivity index (χ3v) is 2.70. The maximum Gasteiger partial charge on any atom is 0.103 e. The minimum Gasteiger partial charge on any atom is -0.345 e. The van der Waals surface area contributed by atoms with E-state index in [0.717, 1.165) is 18.3 Å². The van der Waals surface area contributed by atoms with Crippen molar-refractivity contribution in [2.24, 2.45) is 5.92 Å². The first-order chi connectivity index (χ1) is 6.25. The second-order valence-corrected chi connectivity index (χ2v) is 4.00. The topological polar surface area (TPSA) is 40.7 Å². The molecule has 0 aromatic carbocycles. The van der Waals surface area contributed by atoms with Gasteiger partial charge in [-0.2, -0.15) is 0 Å². The van der Waals surface area contributed by atoms with Crippen molar-refractivity contribution in [2.75, 3.05) is 0 Å². The van der Waals surface area contributed by atoms with Crippen LogP contribution in [0.25, 0.3) is 0 Å². The van der Waals surface area contributed by atoms with Gasteiger partial charge in [0, 0.05) is 24.5 Å². The van der Waals surface area contributed by atoms with Crippen molar-refractivity contribution in [3.63, 3.8) is 0 Å². The summed E-state index contributed by atoms with van der Waals surface area (Å²) in [6, 6.07) is 0.656. The SMILES string of the molecule is Cc1ncc(CNC(C)C2CC2)[nH]1. The fourth-order valence-electron chi connectivity index (χ4n) is 1.60. The summed E-state index contributed by atoms with van der Waals surface area (Å²) in [7, 11) is 0. The van der Waals surface area contributed by atoms with Crippen LogP contribution < -0.4 is 5.32 Å². The van der Waals surface area contributed by atoms with Crippen molar-refractivity contribution in [3.05, 3.63) is 17.7 Å². The van der Waals surface area contributed by atoms with E-state index in [1.54, 1.807) is 0 Å². The number of nitrogens with zero attached hydrogens (tertiary/aromatic N) is 1. The van der Waals surface area contributed by atoms with E-state index in [-0.39, 0.29) is 0 Å². The van der Waals surface area contributed by atoms with Crippen molar-refractivity contribution < 1.29 is 0 Å². The van der Waals surface area contributed by atoms with Gasteiger partial charge in [-0.25, -0.2) is 4.98 Å². The molecule has 0 amide bonds. The molecule has 3 heteroatoms. The Morgan fingerprint density at radius 3 is 3.00 bits per heavy atom. The third kappa shape index (κ3) is 2.31. The fourth-order valence-corrected chi connectivity index (χ4v) is 1.60. The van der Waals surface area contributed by atoms with Crippen molar-refractivity contribution >= 4 is 0 Å². The van der Waals surface area contributed by atoms with Crippen LogP contribution in [-0.2, 0) is 6.54 Å². The molecule has 1 unspecified atom stereocenters. The minimum absolute atomic E-state index is 0.656. The highest BCUT2D eigenvalue weighted by molar-refractivity contribution is 5.00. The van der Waals surface area contributed by atoms with Gasteiger partial charge in [0.2, 0.25) is 0 Å². The molecule has 1 atom stereocenters. The summed E-state index contributed by atoms with van der Waals surface area (Å²) >= 11 is 0. The van der Waals surface area contributed by atoms with Crippen LogP contribution in [0, 0.1) is 12.8 Å². The second kappa shape index (κ2) is 3.50. The Morgan fingerprint density at radius 2 is 2.46 bits per heavy atom. The number of aromatic amines is 1. The van der Waals surface area contributed by atoms with Gasteiger partial charge < -0.3 is 10.3 Å². The molecule has 0 aliphatic heterocycles. The summed E-state index contributed by atoms with van der Waals surface area (Å²) in [6.07, 6.45) is 4.70. The van der Waals surface area contributed by atoms with Gasteiger partial charge in [-0.15, -0.1) is 0 Å². The second-order valence-electron chi connectivity index (χ2n) is 4.00. The van der Waals surface area contributed by atoms with Gasteiger partial charge in [0.05, 0.1) is 0 Å². The molecule has 1 aromatic rings. The number of H-pyrrole nitrogens is 1. The first kappa shape index (κ1) is 8.75. The predicted octanol–water partition coefficient (Wildman–Crippen LogP) is 1.61. The summed E-state index contributed by atoms with van der Waals surface area (Å²) in [4.78, 5) is 7.38. The Hall–Kier alpha value is -0.830. The Morgan fingerprint density at radius 1 is 1.69 bits per heavy atom. The Balaban J connectivity index is 1.78. The quantitative estimate of drug-likeness (QED) is 0.737. The van der Waals surface area contributed by atoms with Crippen molar-refractivity contribution in [1.82, 2.24) is 15.3 Å². The summed E-state index contributed by atoms with van der Waals surface area (Å²) in [5.41, 5.74) is 1.19. The van der Waals surface area contributed by atoms with E-state index >= 15 is 0 Å². The maximum atomic E-state index is 4.16. The van der Waals surface area contributed by atoms with Crippen LogP contribution in [-0.4, -0.2) is 16.0 Å². The summed E-state index contributed by atoms with van der Waals surface area (Å²) < 4.78 is 0. The normalized spacial score (nSPS) is 18.9. The molecule has 1 saturated carbocycles. The maximum absolute atomic E-state index is 4.16. The van der Waals surface area contributed by atoms with E-state index < -0.39 is 0 Å². The van der Waals surface area contributed by atoms with Crippen molar-refractivity contribution in [1.29, 1.82) is 0 Å². The standard InChI is InChI=1S/C10H17N3/c1-7(9-3-4-9)11-5-10-6-12-8(2)13-10/h6-7,9,11H,3-5H2,1-2H3,(H,12,13). The Labute approximate surface area is 79.0 Å². The largest absolute Gasteiger partial charge is 0.345 e. The van der Waals surface area contributed by atoms with Crippen molar-refractivity contribution in [2.45, 2.75) is 39.3 Å². The van der Waals surface area contributed by atoms with Gasteiger partial charge in [0.15, 0.2) is 0 Å². The van der Waals surface area contributed by atoms with E-state index in [1.807, 2.05) is 13.1 Å². The lowest BCUT2D eigenvalue weighted by atomic mass is 10.2. The van der Waals surface area contributed by atoms with Crippen LogP contribution in [0.2, 0.25) is 0 Å². The number of hydrogen-bond donors (Lipinski definition) is 2. The molecule has 0 bridgehead atoms. The van der Waals surface area contributed by atoms with Gasteiger partial charge in [0.1, 0.15) is 5.82 Å². The van der Waals surface area contributed by atoms with E-state index in [1.165, 1.54) is 18.5 Å². The molecule has 0 spiro atoms. The van der Waals surface area contributed by atoms with Crippen LogP contribution in [0.15, 0.2) is 6.20 Å². The fraction of sp³-hybridized carbons (Fsp3) is 0.700. The monoisotopic (exact) mass is 179 g/mol. The van der Waals surface area contributed by atoms with Crippen LogP contribution in [0.5, 0.6) is 0 Å². The number of aromatic nitrogens is 2. The molecule has 1 aromatic heterocycles. The molecule has 1 aliphatic carbocycles. The molecular weight excluding hydrogens is 162 g/mol. The average Bonchev–Trinajstić information content (AvgIpc) is 2.87. The number of nitrogens with one attached hydrogen (secondary N) is 2. The molecule has 0 saturated heterocycles. The highest BCUT2D eigenvalue weighted by Crippen LogP contribution is 2.32. The van der Waals surface area contributed by atoms with E-state index in [4.69, 9.17) is 0 Å². The minimum atomic E-state index is 0.656. The molecular formula is C10H17N3. The van der Waals surface area contributed by atoms with Crippen LogP contribution in [0.4, 0.5) is 0 Å². The van der Waals surface area contributed by atoms with E-state index in [2.05, 4.69) is 22.2 Å². The molecule has 3 nitrogen and oxygen atoms in total. The van der Waals surface area contributed by atoms with E-state index in [9.17, 15) is 0 Å². The number of aryl methyl sites for hydroxylation is 1. The lowest BCUT2D eigenvalue weighted by molar-refractivity contribution is 0.493. The Kier molecular flexibility index (Phi) is 2.36. The van der Waals surface area contributed by atoms with Gasteiger partial charge in [-0.1, -0.05) is 0 Å². The van der Waals surface area contributed by atoms with Gasteiger partial charge in [0.25, 0.3) is 0 Å². The first-order valence-electron chi connectivity index (χ1n) is 4.99. The predicted molar refractivity (Wildman–Crippen MR) is 52.4 cm³/mol. The molecule has 2 rings (SSSR count). The smallest absolute Gasteiger partial charge is 0.103 e. The van der Waals surface area contributed by atoms with Gasteiger partial charge in [-0.05, 0) is 32.6 Å². The zero-order chi connectivity index (χ0) is 9.26. The average molecular weight is 179 g/mol. The highest BCUT2D eigenvalue weighted by Gasteiger charge is 2.27. The summed E-state index contributed by atoms with van der Waals surface area (Å²) in [6.45, 7) is 5.16. The van der Waals surface area contributed by atoms with Crippen molar-refractivity contribution in [3.8, 4) is 0 Å². The van der Waals surface area contributed by atoms with Gasteiger partial charge in [-0.3, -0.25) is 0 Å². The zero-order valence-corrected chi connectivity index (χ0v) is 8.30. The summed E-state index contributed by atoms with van der Waals surface area (Å²) in [5, 5.41) is 3.50. The molecule has 72 valence electrons. The number of imidazole rings is 1. The van der Waals surface area contributed by atoms with Crippen LogP contribution in [0.1, 0.15) is 31.3 Å². The lowest BCUT2D eigenvalue weighted by Crippen LogP contribution is -2.27. The Bertz CT molecular complexity index is 275. The molecule has 2 N–H and O–H groups in total. The molecule has 0 radical (unpaired) electrons. The van der Waals surface area contributed by atoms with Crippen LogP contribution >= 0.6 is 0 Å². The summed E-state index contributed by atoms with van der Waals surface area (Å²) in [5.74, 6) is 1.92. The first-order valence-corrected chi connectivity index (χ1v) is 4.99. The number of hydrogen-bond acceptors (Lipinski definition) is 2. The lowest BCUT2D eigenvalue weighted by Gasteiger charge is -2.10. The molecule has 1 fully saturated rings. The molecule has 1 heterocycles. The molecule has 1 aliphatic rings. The van der Waals surface area contributed by atoms with Gasteiger partial charge >= 0.3 is 0 Å². The van der Waals surface area contributed by atoms with Crippen LogP contribution in [0.3, 0.4) is 0 Å². The van der Waals surface area contributed by atoms with E-state index in [0.29, 0.717) is 6.04 Å².